The summed E-state index contributed by atoms with van der Waals surface area (Å²) < 4.78 is 0. The number of allylic oxidation sites excluding steroid dienone is 5. The lowest BCUT2D eigenvalue weighted by atomic mass is 10.1. The Labute approximate surface area is 90.2 Å². The van der Waals surface area contributed by atoms with Crippen LogP contribution in [0.15, 0.2) is 55.1 Å². The van der Waals surface area contributed by atoms with Crippen LogP contribution in [0.5, 0.6) is 0 Å². The van der Waals surface area contributed by atoms with E-state index in [2.05, 4.69) is 6.58 Å². The average molecular weight is 205 g/mol. The minimum Gasteiger partial charge on any atom is -0.0990 e. The van der Waals surface area contributed by atoms with Crippen molar-refractivity contribution in [3.05, 3.63) is 65.7 Å². The molecular formula is C13H13Cl. The minimum absolute atomic E-state index is 0.757. The zero-order chi connectivity index (χ0) is 10.4. The van der Waals surface area contributed by atoms with Crippen LogP contribution in [0.25, 0.3) is 5.57 Å². The van der Waals surface area contributed by atoms with Gasteiger partial charge in [0.2, 0.25) is 0 Å². The highest BCUT2D eigenvalue weighted by Crippen LogP contribution is 2.18. The Morgan fingerprint density at radius 3 is 2.43 bits per heavy atom. The first kappa shape index (κ1) is 10.8. The topological polar surface area (TPSA) is 0 Å². The molecule has 0 fully saturated rings. The van der Waals surface area contributed by atoms with Crippen LogP contribution >= 0.6 is 11.6 Å². The predicted octanol–water partition coefficient (Wildman–Crippen LogP) is 4.49. The zero-order valence-corrected chi connectivity index (χ0v) is 8.96. The van der Waals surface area contributed by atoms with Crippen LogP contribution in [0.4, 0.5) is 0 Å². The summed E-state index contributed by atoms with van der Waals surface area (Å²) in [5.74, 6) is 0. The van der Waals surface area contributed by atoms with Crippen molar-refractivity contribution >= 4 is 17.2 Å². The fourth-order valence-electron chi connectivity index (χ4n) is 1.20. The van der Waals surface area contributed by atoms with E-state index in [0.717, 1.165) is 16.2 Å². The van der Waals surface area contributed by atoms with Gasteiger partial charge in [-0.1, -0.05) is 54.6 Å². The molecule has 0 amide bonds. The quantitative estimate of drug-likeness (QED) is 0.637. The Hall–Kier alpha value is -1.27. The maximum atomic E-state index is 5.81. The Bertz CT molecular complexity index is 355. The van der Waals surface area contributed by atoms with E-state index in [1.165, 1.54) is 0 Å². The van der Waals surface area contributed by atoms with Gasteiger partial charge in [0.1, 0.15) is 0 Å². The van der Waals surface area contributed by atoms with Crippen LogP contribution in [-0.4, -0.2) is 0 Å². The molecule has 0 radical (unpaired) electrons. The van der Waals surface area contributed by atoms with Gasteiger partial charge in [0.05, 0.1) is 0 Å². The van der Waals surface area contributed by atoms with Crippen molar-refractivity contribution in [2.24, 2.45) is 0 Å². The van der Waals surface area contributed by atoms with Crippen LogP contribution in [0.1, 0.15) is 12.5 Å². The summed E-state index contributed by atoms with van der Waals surface area (Å²) in [6.45, 7) is 5.68. The molecule has 0 saturated carbocycles. The smallest absolute Gasteiger partial charge is 0.0406 e. The summed E-state index contributed by atoms with van der Waals surface area (Å²) in [4.78, 5) is 0. The molecule has 0 nitrogen and oxygen atoms in total. The molecule has 0 bridgehead atoms. The van der Waals surface area contributed by atoms with Crippen molar-refractivity contribution in [3.8, 4) is 0 Å². The van der Waals surface area contributed by atoms with E-state index in [9.17, 15) is 0 Å². The third kappa shape index (κ3) is 2.90. The first-order chi connectivity index (χ1) is 6.77. The van der Waals surface area contributed by atoms with Crippen molar-refractivity contribution < 1.29 is 0 Å². The summed E-state index contributed by atoms with van der Waals surface area (Å²) in [6.07, 6.45) is 7.81. The number of halogens is 1. The highest BCUT2D eigenvalue weighted by molar-refractivity contribution is 6.30. The van der Waals surface area contributed by atoms with E-state index < -0.39 is 0 Å². The van der Waals surface area contributed by atoms with Gasteiger partial charge < -0.3 is 0 Å². The van der Waals surface area contributed by atoms with Gasteiger partial charge in [-0.3, -0.25) is 0 Å². The number of rotatable bonds is 3. The molecule has 1 heteroatoms. The normalized spacial score (nSPS) is 12.0. The van der Waals surface area contributed by atoms with E-state index in [1.54, 1.807) is 6.08 Å². The van der Waals surface area contributed by atoms with Gasteiger partial charge in [-0.05, 0) is 30.2 Å². The molecule has 14 heavy (non-hydrogen) atoms. The summed E-state index contributed by atoms with van der Waals surface area (Å²) in [6, 6.07) is 7.77. The maximum absolute atomic E-state index is 5.81. The Balaban J connectivity index is 3.05. The minimum atomic E-state index is 0.757. The molecule has 0 spiro atoms. The van der Waals surface area contributed by atoms with Gasteiger partial charge >= 0.3 is 0 Å². The van der Waals surface area contributed by atoms with Gasteiger partial charge in [0.15, 0.2) is 0 Å². The second-order valence-corrected chi connectivity index (χ2v) is 3.30. The van der Waals surface area contributed by atoms with Gasteiger partial charge in [0.25, 0.3) is 0 Å². The van der Waals surface area contributed by atoms with E-state index in [1.807, 2.05) is 49.4 Å². The van der Waals surface area contributed by atoms with Crippen molar-refractivity contribution in [2.45, 2.75) is 6.92 Å². The first-order valence-electron chi connectivity index (χ1n) is 4.49. The van der Waals surface area contributed by atoms with Crippen LogP contribution in [0.3, 0.4) is 0 Å². The summed E-state index contributed by atoms with van der Waals surface area (Å²) in [5, 5.41) is 0.757. The molecule has 1 aromatic rings. The molecule has 0 aliphatic carbocycles. The SMILES string of the molecule is C=C/C=C(\C=C/C)c1ccc(Cl)cc1. The molecule has 0 N–H and O–H groups in total. The fourth-order valence-corrected chi connectivity index (χ4v) is 1.32. The molecule has 1 aromatic carbocycles. The predicted molar refractivity (Wildman–Crippen MR) is 64.4 cm³/mol. The van der Waals surface area contributed by atoms with Gasteiger partial charge in [0, 0.05) is 5.02 Å². The van der Waals surface area contributed by atoms with Crippen LogP contribution in [-0.2, 0) is 0 Å². The van der Waals surface area contributed by atoms with Gasteiger partial charge in [-0.15, -0.1) is 0 Å². The van der Waals surface area contributed by atoms with E-state index in [0.29, 0.717) is 0 Å². The zero-order valence-electron chi connectivity index (χ0n) is 8.20. The molecule has 0 aliphatic heterocycles. The molecule has 0 atom stereocenters. The van der Waals surface area contributed by atoms with E-state index >= 15 is 0 Å². The lowest BCUT2D eigenvalue weighted by Gasteiger charge is -2.01. The molecule has 0 aromatic heterocycles. The first-order valence-corrected chi connectivity index (χ1v) is 4.87. The molecule has 1 rings (SSSR count). The standard InChI is InChI=1S/C13H13Cl/c1-3-5-11(6-4-2)12-7-9-13(14)10-8-12/h3-10H,1H2,2H3/b6-4-,11-5+. The Morgan fingerprint density at radius 1 is 1.29 bits per heavy atom. The molecule has 0 unspecified atom stereocenters. The maximum Gasteiger partial charge on any atom is 0.0406 e. The van der Waals surface area contributed by atoms with Crippen molar-refractivity contribution in [1.82, 2.24) is 0 Å². The third-order valence-electron chi connectivity index (χ3n) is 1.82. The number of benzene rings is 1. The van der Waals surface area contributed by atoms with Crippen LogP contribution < -0.4 is 0 Å². The van der Waals surface area contributed by atoms with Crippen LogP contribution in [0.2, 0.25) is 5.02 Å². The van der Waals surface area contributed by atoms with Crippen molar-refractivity contribution in [3.63, 3.8) is 0 Å². The van der Waals surface area contributed by atoms with Crippen molar-refractivity contribution in [1.29, 1.82) is 0 Å². The van der Waals surface area contributed by atoms with E-state index in [-0.39, 0.29) is 0 Å². The van der Waals surface area contributed by atoms with Gasteiger partial charge in [-0.25, -0.2) is 0 Å². The van der Waals surface area contributed by atoms with E-state index in [4.69, 9.17) is 11.6 Å². The second kappa shape index (κ2) is 5.46. The lowest BCUT2D eigenvalue weighted by Crippen LogP contribution is -1.79. The highest BCUT2D eigenvalue weighted by atomic mass is 35.5. The second-order valence-electron chi connectivity index (χ2n) is 2.86. The molecule has 0 heterocycles. The summed E-state index contributed by atoms with van der Waals surface area (Å²) >= 11 is 5.81. The van der Waals surface area contributed by atoms with Crippen LogP contribution in [0, 0.1) is 0 Å². The molecular weight excluding hydrogens is 192 g/mol. The number of hydrogen-bond donors (Lipinski definition) is 0. The molecule has 72 valence electrons. The summed E-state index contributed by atoms with van der Waals surface area (Å²) in [7, 11) is 0. The Morgan fingerprint density at radius 2 is 1.93 bits per heavy atom. The fraction of sp³-hybridized carbons (Fsp3) is 0.0769. The highest BCUT2D eigenvalue weighted by Gasteiger charge is 1.95. The Kier molecular flexibility index (Phi) is 4.21. The lowest BCUT2D eigenvalue weighted by molar-refractivity contribution is 1.60. The average Bonchev–Trinajstić information content (AvgIpc) is 2.19. The monoisotopic (exact) mass is 204 g/mol. The van der Waals surface area contributed by atoms with Crippen molar-refractivity contribution in [2.75, 3.05) is 0 Å². The number of hydrogen-bond acceptors (Lipinski definition) is 0. The summed E-state index contributed by atoms with van der Waals surface area (Å²) in [5.41, 5.74) is 2.28. The third-order valence-corrected chi connectivity index (χ3v) is 2.07. The van der Waals surface area contributed by atoms with Gasteiger partial charge in [-0.2, -0.15) is 0 Å². The largest absolute Gasteiger partial charge is 0.0990 e. The molecule has 0 saturated heterocycles. The molecule has 0 aliphatic rings.